The van der Waals surface area contributed by atoms with Crippen LogP contribution in [0.1, 0.15) is 44.0 Å². The number of carbonyl (C=O) groups is 2. The highest BCUT2D eigenvalue weighted by Crippen LogP contribution is 2.45. The maximum absolute atomic E-state index is 12.9. The molecule has 2 aromatic heterocycles. The summed E-state index contributed by atoms with van der Waals surface area (Å²) in [6.45, 7) is 2.86. The first kappa shape index (κ1) is 33.1. The van der Waals surface area contributed by atoms with Crippen LogP contribution in [0.25, 0.3) is 22.0 Å². The topological polar surface area (TPSA) is 74.6 Å². The number of allylic oxidation sites excluding steroid dienone is 4. The highest BCUT2D eigenvalue weighted by molar-refractivity contribution is 6.21. The Morgan fingerprint density at radius 1 is 0.722 bits per heavy atom. The van der Waals surface area contributed by atoms with Crippen LogP contribution in [0.5, 0.6) is 0 Å². The summed E-state index contributed by atoms with van der Waals surface area (Å²) in [7, 11) is 0. The molecule has 54 heavy (non-hydrogen) atoms. The molecule has 1 atom stereocenters. The molecule has 2 amide bonds. The third-order valence-electron chi connectivity index (χ3n) is 10.8. The number of imide groups is 1. The van der Waals surface area contributed by atoms with Crippen molar-refractivity contribution in [3.8, 4) is 11.1 Å². The highest BCUT2D eigenvalue weighted by Gasteiger charge is 2.44. The second-order valence-corrected chi connectivity index (χ2v) is 13.8. The van der Waals surface area contributed by atoms with Crippen LogP contribution in [0.15, 0.2) is 171 Å². The number of anilines is 1. The van der Waals surface area contributed by atoms with Gasteiger partial charge in [-0.1, -0.05) is 103 Å². The van der Waals surface area contributed by atoms with E-state index < -0.39 is 5.54 Å². The van der Waals surface area contributed by atoms with Gasteiger partial charge in [0, 0.05) is 67.2 Å². The van der Waals surface area contributed by atoms with Crippen LogP contribution >= 0.6 is 0 Å². The fraction of sp³-hybridized carbons (Fsp3) is 0.130. The van der Waals surface area contributed by atoms with Gasteiger partial charge in [-0.3, -0.25) is 24.2 Å². The molecule has 2 aliphatic heterocycles. The third-order valence-corrected chi connectivity index (χ3v) is 10.8. The molecular formula is C46H38N6O2. The average molecular weight is 707 g/mol. The van der Waals surface area contributed by atoms with Crippen LogP contribution < -0.4 is 4.90 Å². The van der Waals surface area contributed by atoms with Crippen molar-refractivity contribution in [1.29, 1.82) is 0 Å². The van der Waals surface area contributed by atoms with Gasteiger partial charge in [-0.15, -0.1) is 0 Å². The molecule has 0 saturated carbocycles. The predicted octanol–water partition coefficient (Wildman–Crippen LogP) is 8.69. The van der Waals surface area contributed by atoms with E-state index in [0.29, 0.717) is 24.2 Å². The van der Waals surface area contributed by atoms with Gasteiger partial charge in [-0.2, -0.15) is 5.10 Å². The van der Waals surface area contributed by atoms with Gasteiger partial charge in [0.25, 0.3) is 11.8 Å². The average Bonchev–Trinajstić information content (AvgIpc) is 3.74. The zero-order valence-electron chi connectivity index (χ0n) is 29.9. The normalized spacial score (nSPS) is 16.5. The van der Waals surface area contributed by atoms with Crippen LogP contribution in [0.2, 0.25) is 0 Å². The molecule has 4 aromatic carbocycles. The van der Waals surface area contributed by atoms with Crippen molar-refractivity contribution in [1.82, 2.24) is 24.6 Å². The van der Waals surface area contributed by atoms with Crippen LogP contribution in [-0.4, -0.2) is 49.5 Å². The van der Waals surface area contributed by atoms with Gasteiger partial charge in [0.05, 0.1) is 28.0 Å². The number of carbonyl (C=O) groups excluding carboxylic acids is 2. The van der Waals surface area contributed by atoms with Gasteiger partial charge in [0.1, 0.15) is 5.54 Å². The maximum atomic E-state index is 12.9. The highest BCUT2D eigenvalue weighted by atomic mass is 16.2. The maximum Gasteiger partial charge on any atom is 0.261 e. The molecule has 1 unspecified atom stereocenters. The minimum Gasteiger partial charge on any atom is -0.350 e. The summed E-state index contributed by atoms with van der Waals surface area (Å²) in [5.41, 5.74) is 7.65. The fourth-order valence-electron chi connectivity index (χ4n) is 8.13. The van der Waals surface area contributed by atoms with E-state index in [1.165, 1.54) is 16.0 Å². The van der Waals surface area contributed by atoms with Gasteiger partial charge >= 0.3 is 0 Å². The molecule has 1 aliphatic carbocycles. The van der Waals surface area contributed by atoms with E-state index in [4.69, 9.17) is 10.1 Å². The molecule has 6 aromatic rings. The minimum atomic E-state index is -0.578. The van der Waals surface area contributed by atoms with Crippen molar-refractivity contribution in [2.45, 2.75) is 18.9 Å². The van der Waals surface area contributed by atoms with Crippen LogP contribution in [0, 0.1) is 12.8 Å². The Balaban J connectivity index is 1.03. The third kappa shape index (κ3) is 5.54. The number of benzene rings is 4. The van der Waals surface area contributed by atoms with Crippen molar-refractivity contribution in [2.75, 3.05) is 18.0 Å². The molecule has 0 bridgehead atoms. The number of amides is 2. The van der Waals surface area contributed by atoms with E-state index in [1.807, 2.05) is 42.0 Å². The van der Waals surface area contributed by atoms with Crippen molar-refractivity contribution in [2.24, 2.45) is 5.92 Å². The van der Waals surface area contributed by atoms with Crippen LogP contribution in [-0.2, 0) is 5.54 Å². The van der Waals surface area contributed by atoms with E-state index >= 15 is 0 Å². The zero-order chi connectivity index (χ0) is 36.6. The summed E-state index contributed by atoms with van der Waals surface area (Å²) in [6.07, 6.45) is 21.7. The molecule has 4 heterocycles. The van der Waals surface area contributed by atoms with Crippen LogP contribution in [0.3, 0.4) is 0 Å². The van der Waals surface area contributed by atoms with E-state index in [2.05, 4.69) is 126 Å². The quantitative estimate of drug-likeness (QED) is 0.140. The lowest BCUT2D eigenvalue weighted by molar-refractivity contribution is 0.0648. The number of aryl methyl sites for hydroxylation is 1. The summed E-state index contributed by atoms with van der Waals surface area (Å²) in [5.74, 6) is -0.344. The van der Waals surface area contributed by atoms with Gasteiger partial charge in [-0.25, -0.2) is 0 Å². The molecule has 8 nitrogen and oxygen atoms in total. The summed E-state index contributed by atoms with van der Waals surface area (Å²) in [5, 5.41) is 6.32. The van der Waals surface area contributed by atoms with Crippen LogP contribution in [0.4, 0.5) is 5.69 Å². The second-order valence-electron chi connectivity index (χ2n) is 13.8. The summed E-state index contributed by atoms with van der Waals surface area (Å²) in [6, 6.07) is 36.9. The van der Waals surface area contributed by atoms with Crippen molar-refractivity contribution in [3.05, 3.63) is 199 Å². The molecule has 0 saturated heterocycles. The van der Waals surface area contributed by atoms with E-state index in [9.17, 15) is 9.59 Å². The molecule has 0 radical (unpaired) electrons. The lowest BCUT2D eigenvalue weighted by Crippen LogP contribution is -2.43. The lowest BCUT2D eigenvalue weighted by atomic mass is 9.70. The summed E-state index contributed by atoms with van der Waals surface area (Å²) >= 11 is 0. The first-order valence-corrected chi connectivity index (χ1v) is 18.3. The first-order valence-electron chi connectivity index (χ1n) is 18.3. The second kappa shape index (κ2) is 13.6. The number of hydrogen-bond acceptors (Lipinski definition) is 6. The lowest BCUT2D eigenvalue weighted by Gasteiger charge is -2.41. The monoisotopic (exact) mass is 706 g/mol. The molecular weight excluding hydrogens is 669 g/mol. The Kier molecular flexibility index (Phi) is 8.35. The number of nitrogens with zero attached hydrogens (tertiary/aromatic N) is 6. The molecule has 3 aliphatic rings. The molecule has 0 N–H and O–H groups in total. The Hall–Kier alpha value is -6.80. The smallest absolute Gasteiger partial charge is 0.261 e. The van der Waals surface area contributed by atoms with Crippen molar-refractivity contribution >= 4 is 28.4 Å². The zero-order valence-corrected chi connectivity index (χ0v) is 29.9. The van der Waals surface area contributed by atoms with E-state index in [-0.39, 0.29) is 17.7 Å². The predicted molar refractivity (Wildman–Crippen MR) is 212 cm³/mol. The number of pyridine rings is 1. The number of rotatable bonds is 9. The SMILES string of the molecule is Cc1nn(C(c2ccccc2)(c2ccccc2)C2C=CC=CC2)cc1-c1ccc2nccc(N3C=CN(CCN4C(=O)c5ccccc5C4=O)C=C3)c2c1. The molecule has 264 valence electrons. The number of hydrogen-bond donors (Lipinski definition) is 0. The Morgan fingerprint density at radius 3 is 2.04 bits per heavy atom. The van der Waals surface area contributed by atoms with E-state index in [1.54, 1.807) is 24.3 Å². The standard InChI is InChI=1S/C46H38N6O2/c1-33-41(32-52(48-33)46(35-13-5-2-6-14-35,36-15-7-3-8-16-36)37-17-9-4-10-18-37)34-21-22-42-40(31-34)43(23-24-47-42)50-28-25-49(26-29-50)27-30-51-44(53)38-19-11-12-20-39(38)45(51)54/h2-17,19-26,28-29,31-32,37H,18,27,30H2,1H3. The molecule has 9 rings (SSSR count). The first-order chi connectivity index (χ1) is 26.5. The Bertz CT molecular complexity index is 2430. The summed E-state index contributed by atoms with van der Waals surface area (Å²) < 4.78 is 2.19. The summed E-state index contributed by atoms with van der Waals surface area (Å²) in [4.78, 5) is 35.8. The minimum absolute atomic E-state index is 0.136. The van der Waals surface area contributed by atoms with Gasteiger partial charge in [0.2, 0.25) is 0 Å². The van der Waals surface area contributed by atoms with Gasteiger partial charge in [0.15, 0.2) is 0 Å². The van der Waals surface area contributed by atoms with Gasteiger partial charge < -0.3 is 9.80 Å². The largest absolute Gasteiger partial charge is 0.350 e. The van der Waals surface area contributed by atoms with Crippen molar-refractivity contribution < 1.29 is 9.59 Å². The Labute approximate surface area is 314 Å². The Morgan fingerprint density at radius 2 is 1.39 bits per heavy atom. The fourth-order valence-corrected chi connectivity index (χ4v) is 8.13. The number of fused-ring (bicyclic) bond motifs is 2. The van der Waals surface area contributed by atoms with Crippen molar-refractivity contribution in [3.63, 3.8) is 0 Å². The molecule has 0 spiro atoms. The molecule has 0 fully saturated rings. The van der Waals surface area contributed by atoms with E-state index in [0.717, 1.165) is 39.8 Å². The number of aromatic nitrogens is 3. The molecule has 8 heteroatoms. The van der Waals surface area contributed by atoms with Gasteiger partial charge in [-0.05, 0) is 60.4 Å².